The van der Waals surface area contributed by atoms with Crippen molar-refractivity contribution in [1.82, 2.24) is 4.57 Å². The molecule has 0 saturated carbocycles. The average Bonchev–Trinajstić information content (AvgIpc) is 3.12. The van der Waals surface area contributed by atoms with E-state index >= 15 is 0 Å². The van der Waals surface area contributed by atoms with Crippen molar-refractivity contribution in [3.8, 4) is 0 Å². The third-order valence-electron chi connectivity index (χ3n) is 3.16. The zero-order valence-electron chi connectivity index (χ0n) is 12.3. The Morgan fingerprint density at radius 1 is 1.33 bits per heavy atom. The first-order chi connectivity index (χ1) is 11.5. The van der Waals surface area contributed by atoms with E-state index in [1.807, 2.05) is 0 Å². The average molecular weight is 363 g/mol. The van der Waals surface area contributed by atoms with Gasteiger partial charge in [-0.3, -0.25) is 14.9 Å². The molecule has 2 heterocycles. The van der Waals surface area contributed by atoms with Gasteiger partial charge in [-0.05, 0) is 24.3 Å². The number of halogens is 1. The van der Waals surface area contributed by atoms with Gasteiger partial charge in [0, 0.05) is 24.1 Å². The highest BCUT2D eigenvalue weighted by molar-refractivity contribution is 7.16. The van der Waals surface area contributed by atoms with E-state index in [1.165, 1.54) is 40.2 Å². The molecule has 0 N–H and O–H groups in total. The fourth-order valence-corrected chi connectivity index (χ4v) is 3.84. The largest absolute Gasteiger partial charge is 0.324 e. The first-order valence-electron chi connectivity index (χ1n) is 6.71. The van der Waals surface area contributed by atoms with Gasteiger partial charge in [-0.1, -0.05) is 28.7 Å². The number of thiazole rings is 1. The number of thiophene rings is 1. The summed E-state index contributed by atoms with van der Waals surface area (Å²) in [5.41, 5.74) is 0.395. The van der Waals surface area contributed by atoms with Gasteiger partial charge in [0.1, 0.15) is 5.82 Å². The maximum absolute atomic E-state index is 13.8. The molecule has 0 radical (unpaired) electrons. The van der Waals surface area contributed by atoms with E-state index in [1.54, 1.807) is 25.2 Å². The van der Waals surface area contributed by atoms with Crippen LogP contribution in [-0.4, -0.2) is 15.4 Å². The Kier molecular flexibility index (Phi) is 4.36. The number of aryl methyl sites for hydroxylation is 1. The second-order valence-corrected chi connectivity index (χ2v) is 6.85. The van der Waals surface area contributed by atoms with Crippen LogP contribution >= 0.6 is 22.7 Å². The number of nitrogens with zero attached hydrogens (tertiary/aromatic N) is 3. The van der Waals surface area contributed by atoms with Crippen LogP contribution in [0.25, 0.3) is 16.3 Å². The van der Waals surface area contributed by atoms with E-state index in [-0.39, 0.29) is 10.8 Å². The predicted octanol–water partition coefficient (Wildman–Crippen LogP) is 3.49. The van der Waals surface area contributed by atoms with E-state index < -0.39 is 10.8 Å². The normalized spacial score (nSPS) is 12.3. The highest BCUT2D eigenvalue weighted by Crippen LogP contribution is 2.24. The van der Waals surface area contributed by atoms with Crippen LogP contribution in [0.4, 0.5) is 9.39 Å². The quantitative estimate of drug-likeness (QED) is 0.406. The maximum Gasteiger partial charge on any atom is 0.324 e. The summed E-state index contributed by atoms with van der Waals surface area (Å²) in [4.78, 5) is 27.0. The van der Waals surface area contributed by atoms with Gasteiger partial charge in [0.2, 0.25) is 0 Å². The molecule has 0 aliphatic rings. The van der Waals surface area contributed by atoms with Crippen molar-refractivity contribution in [3.63, 3.8) is 0 Å². The molecule has 3 rings (SSSR count). The minimum absolute atomic E-state index is 0.00502. The van der Waals surface area contributed by atoms with Gasteiger partial charge in [0.25, 0.3) is 5.91 Å². The zero-order valence-corrected chi connectivity index (χ0v) is 13.9. The first kappa shape index (κ1) is 16.2. The van der Waals surface area contributed by atoms with Gasteiger partial charge in [0.15, 0.2) is 4.80 Å². The molecule has 0 saturated heterocycles. The van der Waals surface area contributed by atoms with Gasteiger partial charge in [-0.15, -0.1) is 0 Å². The Hall–Kier alpha value is -2.65. The molecule has 2 aromatic heterocycles. The lowest BCUT2D eigenvalue weighted by Gasteiger charge is -1.95. The second kappa shape index (κ2) is 6.46. The first-order valence-corrected chi connectivity index (χ1v) is 8.34. The van der Waals surface area contributed by atoms with Gasteiger partial charge < -0.3 is 4.57 Å². The van der Waals surface area contributed by atoms with Crippen LogP contribution in [0.5, 0.6) is 0 Å². The van der Waals surface area contributed by atoms with Crippen LogP contribution in [0.2, 0.25) is 0 Å². The molecule has 1 aromatic carbocycles. The number of benzene rings is 1. The molecule has 3 aromatic rings. The Bertz CT molecular complexity index is 1050. The topological polar surface area (TPSA) is 77.5 Å². The van der Waals surface area contributed by atoms with Crippen molar-refractivity contribution in [2.24, 2.45) is 12.0 Å². The number of para-hydroxylation sites is 1. The lowest BCUT2D eigenvalue weighted by atomic mass is 10.3. The summed E-state index contributed by atoms with van der Waals surface area (Å²) in [7, 11) is 1.64. The van der Waals surface area contributed by atoms with E-state index in [4.69, 9.17) is 0 Å². The molecular formula is C15H10FN3O3S2. The molecule has 122 valence electrons. The third-order valence-corrected chi connectivity index (χ3v) is 5.26. The number of amides is 1. The summed E-state index contributed by atoms with van der Waals surface area (Å²) in [6.45, 7) is 0. The lowest BCUT2D eigenvalue weighted by Crippen LogP contribution is -2.12. The van der Waals surface area contributed by atoms with Gasteiger partial charge in [0.05, 0.1) is 15.1 Å². The Morgan fingerprint density at radius 2 is 2.12 bits per heavy atom. The predicted molar refractivity (Wildman–Crippen MR) is 91.3 cm³/mol. The molecule has 0 aliphatic heterocycles. The fraction of sp³-hybridized carbons (Fsp3) is 0.0667. The van der Waals surface area contributed by atoms with Crippen LogP contribution in [0, 0.1) is 15.9 Å². The summed E-state index contributed by atoms with van der Waals surface area (Å²) in [5, 5.41) is 10.6. The molecule has 0 aliphatic carbocycles. The molecule has 0 fully saturated rings. The Morgan fingerprint density at radius 3 is 2.79 bits per heavy atom. The summed E-state index contributed by atoms with van der Waals surface area (Å²) in [6, 6.07) is 7.64. The molecule has 24 heavy (non-hydrogen) atoms. The number of aromatic nitrogens is 1. The lowest BCUT2D eigenvalue weighted by molar-refractivity contribution is -0.380. The summed E-state index contributed by atoms with van der Waals surface area (Å²) < 4.78 is 16.0. The third kappa shape index (κ3) is 3.17. The monoisotopic (exact) mass is 363 g/mol. The van der Waals surface area contributed by atoms with Gasteiger partial charge >= 0.3 is 5.00 Å². The fourth-order valence-electron chi connectivity index (χ4n) is 2.08. The number of rotatable bonds is 3. The van der Waals surface area contributed by atoms with E-state index in [0.29, 0.717) is 19.9 Å². The zero-order chi connectivity index (χ0) is 17.3. The number of hydrogen-bond donors (Lipinski definition) is 0. The van der Waals surface area contributed by atoms with Crippen molar-refractivity contribution in [2.45, 2.75) is 0 Å². The SMILES string of the molecule is Cn1c(=NC(=O)C=Cc2ccc([N+](=O)[O-])s2)sc2cccc(F)c21. The van der Waals surface area contributed by atoms with Crippen molar-refractivity contribution < 1.29 is 14.1 Å². The molecule has 6 nitrogen and oxygen atoms in total. The molecule has 1 amide bonds. The van der Waals surface area contributed by atoms with Gasteiger partial charge in [-0.25, -0.2) is 4.39 Å². The van der Waals surface area contributed by atoms with E-state index in [2.05, 4.69) is 4.99 Å². The Balaban J connectivity index is 1.89. The number of nitro groups is 1. The molecule has 0 bridgehead atoms. The number of carbonyl (C=O) groups excluding carboxylic acids is 1. The minimum Gasteiger partial charge on any atom is -0.317 e. The summed E-state index contributed by atoms with van der Waals surface area (Å²) in [6.07, 6.45) is 2.70. The highest BCUT2D eigenvalue weighted by Gasteiger charge is 2.09. The highest BCUT2D eigenvalue weighted by atomic mass is 32.1. The molecule has 0 atom stereocenters. The van der Waals surface area contributed by atoms with Crippen LogP contribution in [0.1, 0.15) is 4.88 Å². The van der Waals surface area contributed by atoms with Crippen molar-refractivity contribution in [1.29, 1.82) is 0 Å². The molecular weight excluding hydrogens is 353 g/mol. The summed E-state index contributed by atoms with van der Waals surface area (Å²) >= 11 is 2.18. The van der Waals surface area contributed by atoms with Crippen LogP contribution in [-0.2, 0) is 11.8 Å². The van der Waals surface area contributed by atoms with Crippen molar-refractivity contribution in [3.05, 3.63) is 62.0 Å². The Labute approximate surface area is 143 Å². The number of hydrogen-bond acceptors (Lipinski definition) is 5. The number of fused-ring (bicyclic) bond motifs is 1. The number of carbonyl (C=O) groups is 1. The molecule has 9 heteroatoms. The molecule has 0 unspecified atom stereocenters. The van der Waals surface area contributed by atoms with Gasteiger partial charge in [-0.2, -0.15) is 4.99 Å². The second-order valence-electron chi connectivity index (χ2n) is 4.75. The van der Waals surface area contributed by atoms with Crippen molar-refractivity contribution >= 4 is 49.9 Å². The van der Waals surface area contributed by atoms with Crippen molar-refractivity contribution in [2.75, 3.05) is 0 Å². The smallest absolute Gasteiger partial charge is 0.317 e. The van der Waals surface area contributed by atoms with E-state index in [0.717, 1.165) is 11.3 Å². The van der Waals surface area contributed by atoms with E-state index in [9.17, 15) is 19.3 Å². The minimum atomic E-state index is -0.520. The molecule has 0 spiro atoms. The maximum atomic E-state index is 13.8. The van der Waals surface area contributed by atoms with Crippen LogP contribution in [0.3, 0.4) is 0 Å². The summed E-state index contributed by atoms with van der Waals surface area (Å²) in [5.74, 6) is -0.893. The van der Waals surface area contributed by atoms with Crippen LogP contribution in [0.15, 0.2) is 41.4 Å². The standard InChI is InChI=1S/C15H10FN3O3S2/c1-18-14-10(16)3-2-4-11(14)24-15(18)17-12(20)7-5-9-6-8-13(23-9)19(21)22/h2-8H,1H3. The van der Waals surface area contributed by atoms with Crippen LogP contribution < -0.4 is 4.80 Å².